The second-order valence-corrected chi connectivity index (χ2v) is 9.90. The molecule has 0 radical (unpaired) electrons. The molecule has 26 heavy (non-hydrogen) atoms. The van der Waals surface area contributed by atoms with E-state index in [1.807, 2.05) is 12.4 Å². The average molecular weight is 353 g/mol. The number of aromatic nitrogens is 2. The van der Waals surface area contributed by atoms with Crippen molar-refractivity contribution in [2.45, 2.75) is 65.4 Å². The van der Waals surface area contributed by atoms with Crippen LogP contribution in [0.25, 0.3) is 5.57 Å². The van der Waals surface area contributed by atoms with Crippen molar-refractivity contribution in [3.63, 3.8) is 0 Å². The van der Waals surface area contributed by atoms with E-state index >= 15 is 0 Å². The van der Waals surface area contributed by atoms with Gasteiger partial charge >= 0.3 is 0 Å². The van der Waals surface area contributed by atoms with Crippen LogP contribution in [0.3, 0.4) is 0 Å². The average Bonchev–Trinajstić information content (AvgIpc) is 3.23. The van der Waals surface area contributed by atoms with Gasteiger partial charge < -0.3 is 10.1 Å². The van der Waals surface area contributed by atoms with Crippen LogP contribution in [0.2, 0.25) is 0 Å². The minimum absolute atomic E-state index is 0.120. The first-order chi connectivity index (χ1) is 12.4. The fourth-order valence-corrected chi connectivity index (χ4v) is 7.35. The van der Waals surface area contributed by atoms with E-state index < -0.39 is 0 Å². The fourth-order valence-electron chi connectivity index (χ4n) is 7.35. The van der Waals surface area contributed by atoms with Gasteiger partial charge in [-0.2, -0.15) is 0 Å². The Morgan fingerprint density at radius 3 is 2.73 bits per heavy atom. The number of aliphatic hydroxyl groups excluding tert-OH is 1. The Labute approximate surface area is 157 Å². The van der Waals surface area contributed by atoms with Gasteiger partial charge in [-0.3, -0.25) is 0 Å². The van der Waals surface area contributed by atoms with Crippen molar-refractivity contribution in [1.82, 2.24) is 9.97 Å². The third-order valence-corrected chi connectivity index (χ3v) is 8.74. The maximum atomic E-state index is 10.2. The summed E-state index contributed by atoms with van der Waals surface area (Å²) in [6, 6.07) is 0. The molecule has 0 saturated heterocycles. The van der Waals surface area contributed by atoms with E-state index in [0.717, 1.165) is 42.8 Å². The number of nitrogens with zero attached hydrogens (tertiary/aromatic N) is 1. The van der Waals surface area contributed by atoms with Gasteiger partial charge in [-0.05, 0) is 78.6 Å². The molecule has 140 valence electrons. The van der Waals surface area contributed by atoms with Crippen molar-refractivity contribution in [1.29, 1.82) is 0 Å². The van der Waals surface area contributed by atoms with Crippen LogP contribution in [0.4, 0.5) is 0 Å². The lowest BCUT2D eigenvalue weighted by Gasteiger charge is -2.59. The molecule has 0 bridgehead atoms. The number of allylic oxidation sites excluding steroid dienone is 3. The smallest absolute Gasteiger partial charge is 0.133 e. The minimum atomic E-state index is -0.120. The van der Waals surface area contributed by atoms with Crippen LogP contribution >= 0.6 is 0 Å². The molecule has 0 aromatic carbocycles. The molecule has 7 atom stereocenters. The predicted molar refractivity (Wildman–Crippen MR) is 104 cm³/mol. The number of imidazole rings is 1. The van der Waals surface area contributed by atoms with Gasteiger partial charge in [0.15, 0.2) is 0 Å². The lowest BCUT2D eigenvalue weighted by atomic mass is 9.45. The lowest BCUT2D eigenvalue weighted by Crippen LogP contribution is -2.52. The number of rotatable bonds is 1. The van der Waals surface area contributed by atoms with E-state index in [-0.39, 0.29) is 11.5 Å². The summed E-state index contributed by atoms with van der Waals surface area (Å²) in [5.74, 6) is 3.94. The summed E-state index contributed by atoms with van der Waals surface area (Å²) < 4.78 is 0. The van der Waals surface area contributed by atoms with E-state index in [9.17, 15) is 5.11 Å². The molecular formula is C23H32N2O. The highest BCUT2D eigenvalue weighted by molar-refractivity contribution is 5.68. The van der Waals surface area contributed by atoms with Crippen LogP contribution in [0.15, 0.2) is 30.1 Å². The topological polar surface area (TPSA) is 48.9 Å². The van der Waals surface area contributed by atoms with E-state index in [1.165, 1.54) is 24.8 Å². The van der Waals surface area contributed by atoms with Crippen molar-refractivity contribution in [3.05, 3.63) is 35.9 Å². The maximum absolute atomic E-state index is 10.2. The molecule has 2 N–H and O–H groups in total. The van der Waals surface area contributed by atoms with Gasteiger partial charge in [-0.15, -0.1) is 0 Å². The van der Waals surface area contributed by atoms with Gasteiger partial charge in [-0.25, -0.2) is 4.98 Å². The van der Waals surface area contributed by atoms with Crippen LogP contribution in [-0.4, -0.2) is 21.2 Å². The number of hydrogen-bond acceptors (Lipinski definition) is 2. The van der Waals surface area contributed by atoms with Crippen LogP contribution in [0, 0.1) is 34.5 Å². The molecule has 1 aromatic rings. The first kappa shape index (κ1) is 16.8. The van der Waals surface area contributed by atoms with Crippen molar-refractivity contribution in [2.75, 3.05) is 0 Å². The maximum Gasteiger partial charge on any atom is 0.133 e. The molecule has 2 saturated carbocycles. The van der Waals surface area contributed by atoms with Crippen LogP contribution < -0.4 is 0 Å². The van der Waals surface area contributed by atoms with Gasteiger partial charge in [0.1, 0.15) is 5.82 Å². The Morgan fingerprint density at radius 2 is 1.96 bits per heavy atom. The molecule has 3 heteroatoms. The Kier molecular flexibility index (Phi) is 3.60. The van der Waals surface area contributed by atoms with E-state index in [0.29, 0.717) is 11.3 Å². The Bertz CT molecular complexity index is 763. The zero-order valence-electron chi connectivity index (χ0n) is 16.3. The van der Waals surface area contributed by atoms with E-state index in [1.54, 1.807) is 5.57 Å². The van der Waals surface area contributed by atoms with Crippen LogP contribution in [-0.2, 0) is 0 Å². The third-order valence-electron chi connectivity index (χ3n) is 8.74. The molecule has 0 amide bonds. The molecule has 5 rings (SSSR count). The van der Waals surface area contributed by atoms with Crippen molar-refractivity contribution < 1.29 is 5.11 Å². The van der Waals surface area contributed by atoms with Crippen molar-refractivity contribution in [3.8, 4) is 0 Å². The minimum Gasteiger partial charge on any atom is -0.393 e. The lowest BCUT2D eigenvalue weighted by molar-refractivity contribution is -0.0426. The second kappa shape index (κ2) is 5.58. The van der Waals surface area contributed by atoms with E-state index in [2.05, 4.69) is 42.9 Å². The van der Waals surface area contributed by atoms with Gasteiger partial charge in [0.2, 0.25) is 0 Å². The quantitative estimate of drug-likeness (QED) is 0.701. The zero-order chi connectivity index (χ0) is 18.1. The first-order valence-electron chi connectivity index (χ1n) is 10.5. The highest BCUT2D eigenvalue weighted by Crippen LogP contribution is 2.67. The van der Waals surface area contributed by atoms with Crippen molar-refractivity contribution >= 4 is 5.57 Å². The summed E-state index contributed by atoms with van der Waals surface area (Å²) in [5.41, 5.74) is 3.58. The summed E-state index contributed by atoms with van der Waals surface area (Å²) in [4.78, 5) is 7.94. The van der Waals surface area contributed by atoms with Crippen LogP contribution in [0.5, 0.6) is 0 Å². The SMILES string of the molecule is C[C@H]1C=C2C[C@@H](O)CC[C@]2(C)[C@H]2CC[C@]3(C)C(c4ncc[nH]4)=CC[C@H]3[C@H]12. The fraction of sp³-hybridized carbons (Fsp3) is 0.696. The monoisotopic (exact) mass is 352 g/mol. The highest BCUT2D eigenvalue weighted by atomic mass is 16.3. The Morgan fingerprint density at radius 1 is 1.15 bits per heavy atom. The summed E-state index contributed by atoms with van der Waals surface area (Å²) >= 11 is 0. The molecular weight excluding hydrogens is 320 g/mol. The summed E-state index contributed by atoms with van der Waals surface area (Å²) in [5, 5.41) is 10.2. The molecule has 0 aliphatic heterocycles. The Hall–Kier alpha value is -1.35. The molecule has 3 nitrogen and oxygen atoms in total. The van der Waals surface area contributed by atoms with E-state index in [4.69, 9.17) is 0 Å². The largest absolute Gasteiger partial charge is 0.393 e. The number of hydrogen-bond donors (Lipinski definition) is 2. The number of fused-ring (bicyclic) bond motifs is 5. The molecule has 4 aliphatic carbocycles. The third kappa shape index (κ3) is 2.13. The van der Waals surface area contributed by atoms with Crippen molar-refractivity contribution in [2.24, 2.45) is 34.5 Å². The zero-order valence-corrected chi connectivity index (χ0v) is 16.3. The molecule has 1 aromatic heterocycles. The molecule has 4 aliphatic rings. The predicted octanol–water partition coefficient (Wildman–Crippen LogP) is 4.97. The molecule has 1 heterocycles. The molecule has 0 unspecified atom stereocenters. The number of H-pyrrole nitrogens is 1. The van der Waals surface area contributed by atoms with Gasteiger partial charge in [0.25, 0.3) is 0 Å². The Balaban J connectivity index is 1.52. The number of aliphatic hydroxyl groups is 1. The van der Waals surface area contributed by atoms with Gasteiger partial charge in [0, 0.05) is 12.4 Å². The first-order valence-corrected chi connectivity index (χ1v) is 10.5. The van der Waals surface area contributed by atoms with Gasteiger partial charge in [0.05, 0.1) is 6.10 Å². The van der Waals surface area contributed by atoms with Gasteiger partial charge in [-0.1, -0.05) is 38.5 Å². The summed E-state index contributed by atoms with van der Waals surface area (Å²) in [7, 11) is 0. The summed E-state index contributed by atoms with van der Waals surface area (Å²) in [6.07, 6.45) is 15.6. The number of nitrogens with one attached hydrogen (secondary N) is 1. The number of aromatic amines is 1. The molecule has 0 spiro atoms. The van der Waals surface area contributed by atoms with Crippen LogP contribution in [0.1, 0.15) is 65.1 Å². The highest BCUT2D eigenvalue weighted by Gasteiger charge is 2.58. The second-order valence-electron chi connectivity index (χ2n) is 9.90. The molecule has 2 fully saturated rings. The standard InChI is InChI=1S/C23H32N2O/c1-14-12-15-13-16(26)6-8-22(15,2)18-7-9-23(3)17(20(14)18)4-5-19(23)21-24-10-11-25-21/h5,10-12,14,16-18,20,26H,4,6-9,13H2,1-3H3,(H,24,25)/t14-,16-,17-,18-,20-,22-,23-/m0/s1. The summed E-state index contributed by atoms with van der Waals surface area (Å²) in [6.45, 7) is 7.43. The normalized spacial score (nSPS) is 47.5.